The van der Waals surface area contributed by atoms with Gasteiger partial charge in [-0.05, 0) is 74.6 Å². The van der Waals surface area contributed by atoms with E-state index in [-0.39, 0.29) is 17.4 Å². The highest BCUT2D eigenvalue weighted by Crippen LogP contribution is 2.53. The number of likely N-dealkylation sites (tertiary alicyclic amines) is 1. The Morgan fingerprint density at radius 3 is 2.64 bits per heavy atom. The molecule has 1 N–H and O–H groups in total. The first-order chi connectivity index (χ1) is 12.1. The van der Waals surface area contributed by atoms with Crippen LogP contribution in [-0.4, -0.2) is 29.9 Å². The highest BCUT2D eigenvalue weighted by molar-refractivity contribution is 5.73. The summed E-state index contributed by atoms with van der Waals surface area (Å²) in [5, 5.41) is 3.21. The summed E-state index contributed by atoms with van der Waals surface area (Å²) < 4.78 is 0. The predicted molar refractivity (Wildman–Crippen MR) is 99.3 cm³/mol. The van der Waals surface area contributed by atoms with Crippen molar-refractivity contribution in [3.63, 3.8) is 0 Å². The first-order valence-corrected chi connectivity index (χ1v) is 10.3. The molecule has 3 aliphatic carbocycles. The van der Waals surface area contributed by atoms with Crippen LogP contribution in [0, 0.1) is 11.8 Å². The molecule has 4 atom stereocenters. The third-order valence-electron chi connectivity index (χ3n) is 7.80. The average Bonchev–Trinajstić information content (AvgIpc) is 3.31. The minimum atomic E-state index is 0.0938. The molecule has 1 aliphatic heterocycles. The monoisotopic (exact) mass is 338 g/mol. The standard InChI is InChI=1S/C22H30N2O/c1-15(25)23-20-14-22(19-5-3-2-4-18(19)20)8-10-24(11-9-22)21-13-16-6-7-17(21)12-16/h2-5,16-17,20-21H,6-14H2,1H3,(H,23,25)/t16-,17-,20+,21+/m1/s1. The smallest absolute Gasteiger partial charge is 0.217 e. The lowest BCUT2D eigenvalue weighted by atomic mass is 9.73. The number of fused-ring (bicyclic) bond motifs is 4. The van der Waals surface area contributed by atoms with Gasteiger partial charge >= 0.3 is 0 Å². The Kier molecular flexibility index (Phi) is 3.70. The van der Waals surface area contributed by atoms with Crippen LogP contribution in [-0.2, 0) is 10.2 Å². The number of hydrogen-bond acceptors (Lipinski definition) is 2. The number of hydrogen-bond donors (Lipinski definition) is 1. The summed E-state index contributed by atoms with van der Waals surface area (Å²) in [7, 11) is 0. The van der Waals surface area contributed by atoms with E-state index in [1.54, 1.807) is 6.92 Å². The van der Waals surface area contributed by atoms with Crippen molar-refractivity contribution in [1.29, 1.82) is 0 Å². The van der Waals surface area contributed by atoms with E-state index in [0.29, 0.717) is 0 Å². The molecule has 0 radical (unpaired) electrons. The van der Waals surface area contributed by atoms with Crippen molar-refractivity contribution >= 4 is 5.91 Å². The molecule has 3 nitrogen and oxygen atoms in total. The van der Waals surface area contributed by atoms with E-state index in [2.05, 4.69) is 34.5 Å². The molecule has 2 saturated carbocycles. The van der Waals surface area contributed by atoms with Gasteiger partial charge in [-0.3, -0.25) is 4.79 Å². The molecule has 0 aromatic heterocycles. The molecule has 134 valence electrons. The van der Waals surface area contributed by atoms with Gasteiger partial charge in [0.25, 0.3) is 0 Å². The third kappa shape index (κ3) is 2.54. The minimum absolute atomic E-state index is 0.0938. The summed E-state index contributed by atoms with van der Waals surface area (Å²) in [5.74, 6) is 2.11. The van der Waals surface area contributed by atoms with Crippen LogP contribution in [0.25, 0.3) is 0 Å². The number of benzene rings is 1. The van der Waals surface area contributed by atoms with E-state index in [1.165, 1.54) is 62.7 Å². The van der Waals surface area contributed by atoms with Crippen LogP contribution in [0.1, 0.15) is 69.0 Å². The maximum Gasteiger partial charge on any atom is 0.217 e. The van der Waals surface area contributed by atoms with Gasteiger partial charge in [-0.15, -0.1) is 0 Å². The van der Waals surface area contributed by atoms with Crippen molar-refractivity contribution < 1.29 is 4.79 Å². The van der Waals surface area contributed by atoms with Crippen LogP contribution < -0.4 is 5.32 Å². The number of carbonyl (C=O) groups is 1. The molecule has 1 heterocycles. The number of nitrogens with zero attached hydrogens (tertiary/aromatic N) is 1. The lowest BCUT2D eigenvalue weighted by molar-refractivity contribution is -0.119. The fraction of sp³-hybridized carbons (Fsp3) is 0.682. The number of piperidine rings is 1. The van der Waals surface area contributed by atoms with E-state index in [4.69, 9.17) is 0 Å². The summed E-state index contributed by atoms with van der Waals surface area (Å²) in [6.07, 6.45) is 9.54. The molecule has 25 heavy (non-hydrogen) atoms. The van der Waals surface area contributed by atoms with Gasteiger partial charge < -0.3 is 10.2 Å². The zero-order chi connectivity index (χ0) is 17.0. The second kappa shape index (κ2) is 5.84. The zero-order valence-corrected chi connectivity index (χ0v) is 15.3. The van der Waals surface area contributed by atoms with Crippen LogP contribution in [0.2, 0.25) is 0 Å². The van der Waals surface area contributed by atoms with Crippen LogP contribution in [0.15, 0.2) is 24.3 Å². The summed E-state index contributed by atoms with van der Waals surface area (Å²) in [5.41, 5.74) is 3.17. The van der Waals surface area contributed by atoms with Crippen LogP contribution in [0.3, 0.4) is 0 Å². The number of rotatable bonds is 2. The Labute approximate surface area is 151 Å². The van der Waals surface area contributed by atoms with E-state index in [9.17, 15) is 4.79 Å². The maximum atomic E-state index is 11.7. The second-order valence-corrected chi connectivity index (χ2v) is 9.10. The normalized spacial score (nSPS) is 35.9. The first-order valence-electron chi connectivity index (χ1n) is 10.3. The number of amides is 1. The quantitative estimate of drug-likeness (QED) is 0.890. The second-order valence-electron chi connectivity index (χ2n) is 9.10. The molecule has 2 bridgehead atoms. The fourth-order valence-electron chi connectivity index (χ4n) is 6.68. The molecule has 3 fully saturated rings. The van der Waals surface area contributed by atoms with Crippen molar-refractivity contribution in [1.82, 2.24) is 10.2 Å². The summed E-state index contributed by atoms with van der Waals surface area (Å²) in [6.45, 7) is 4.13. The van der Waals surface area contributed by atoms with Gasteiger partial charge in [-0.1, -0.05) is 30.7 Å². The van der Waals surface area contributed by atoms with Gasteiger partial charge in [0.05, 0.1) is 6.04 Å². The highest BCUT2D eigenvalue weighted by Gasteiger charge is 2.48. The van der Waals surface area contributed by atoms with E-state index in [1.807, 2.05) is 0 Å². The third-order valence-corrected chi connectivity index (χ3v) is 7.80. The molecular formula is C22H30N2O. The van der Waals surface area contributed by atoms with Gasteiger partial charge in [0.15, 0.2) is 0 Å². The lowest BCUT2D eigenvalue weighted by Gasteiger charge is -2.44. The SMILES string of the molecule is CC(=O)N[C@H]1CC2(CCN([C@H]3C[C@@H]4CC[C@@H]3C4)CC2)c2ccccc21. The Balaban J connectivity index is 1.34. The van der Waals surface area contributed by atoms with Crippen molar-refractivity contribution in [2.24, 2.45) is 11.8 Å². The summed E-state index contributed by atoms with van der Waals surface area (Å²) >= 11 is 0. The van der Waals surface area contributed by atoms with Gasteiger partial charge in [0.1, 0.15) is 0 Å². The minimum Gasteiger partial charge on any atom is -0.349 e. The summed E-state index contributed by atoms with van der Waals surface area (Å²) in [6, 6.07) is 9.94. The highest BCUT2D eigenvalue weighted by atomic mass is 16.1. The zero-order valence-electron chi connectivity index (χ0n) is 15.3. The number of carbonyl (C=O) groups excluding carboxylic acids is 1. The molecule has 5 rings (SSSR count). The van der Waals surface area contributed by atoms with E-state index >= 15 is 0 Å². The predicted octanol–water partition coefficient (Wildman–Crippen LogP) is 3.79. The number of nitrogens with one attached hydrogen (secondary N) is 1. The lowest BCUT2D eigenvalue weighted by Crippen LogP contribution is -2.48. The van der Waals surface area contributed by atoms with Gasteiger partial charge in [0, 0.05) is 18.4 Å². The summed E-state index contributed by atoms with van der Waals surface area (Å²) in [4.78, 5) is 14.5. The van der Waals surface area contributed by atoms with Gasteiger partial charge in [-0.2, -0.15) is 0 Å². The Morgan fingerprint density at radius 1 is 1.16 bits per heavy atom. The molecule has 1 saturated heterocycles. The van der Waals surface area contributed by atoms with Gasteiger partial charge in [0.2, 0.25) is 5.91 Å². The van der Waals surface area contributed by atoms with Crippen LogP contribution in [0.5, 0.6) is 0 Å². The molecular weight excluding hydrogens is 308 g/mol. The van der Waals surface area contributed by atoms with Crippen molar-refractivity contribution in [3.05, 3.63) is 35.4 Å². The molecule has 1 spiro atoms. The molecule has 1 aromatic carbocycles. The van der Waals surface area contributed by atoms with Crippen molar-refractivity contribution in [2.75, 3.05) is 13.1 Å². The van der Waals surface area contributed by atoms with Crippen molar-refractivity contribution in [2.45, 2.75) is 69.4 Å². The van der Waals surface area contributed by atoms with E-state index in [0.717, 1.165) is 24.3 Å². The first kappa shape index (κ1) is 15.9. The Morgan fingerprint density at radius 2 is 1.96 bits per heavy atom. The molecule has 1 amide bonds. The topological polar surface area (TPSA) is 32.3 Å². The van der Waals surface area contributed by atoms with Gasteiger partial charge in [-0.25, -0.2) is 0 Å². The fourth-order valence-corrected chi connectivity index (χ4v) is 6.68. The molecule has 0 unspecified atom stereocenters. The average molecular weight is 338 g/mol. The Bertz CT molecular complexity index is 676. The Hall–Kier alpha value is -1.35. The van der Waals surface area contributed by atoms with Crippen LogP contribution >= 0.6 is 0 Å². The molecule has 4 aliphatic rings. The van der Waals surface area contributed by atoms with Crippen LogP contribution in [0.4, 0.5) is 0 Å². The largest absolute Gasteiger partial charge is 0.349 e. The van der Waals surface area contributed by atoms with E-state index < -0.39 is 0 Å². The molecule has 3 heteroatoms. The van der Waals surface area contributed by atoms with Crippen molar-refractivity contribution in [3.8, 4) is 0 Å². The molecule has 1 aromatic rings. The maximum absolute atomic E-state index is 11.7.